The van der Waals surface area contributed by atoms with Gasteiger partial charge in [-0.3, -0.25) is 9.48 Å². The van der Waals surface area contributed by atoms with E-state index in [1.165, 1.54) is 30.3 Å². The van der Waals surface area contributed by atoms with Crippen LogP contribution in [0.25, 0.3) is 5.57 Å². The van der Waals surface area contributed by atoms with Crippen LogP contribution in [-0.4, -0.2) is 32.8 Å². The first kappa shape index (κ1) is 24.3. The molecule has 0 saturated heterocycles. The summed E-state index contributed by atoms with van der Waals surface area (Å²) in [6.07, 6.45) is -0.548. The maximum absolute atomic E-state index is 13.7. The zero-order valence-electron chi connectivity index (χ0n) is 16.9. The van der Waals surface area contributed by atoms with Gasteiger partial charge in [-0.1, -0.05) is 40.5 Å². The zero-order valence-corrected chi connectivity index (χ0v) is 18.4. The molecule has 3 aromatic rings. The molecule has 172 valence electrons. The van der Waals surface area contributed by atoms with Gasteiger partial charge in [0.1, 0.15) is 5.71 Å². The lowest BCUT2D eigenvalue weighted by Gasteiger charge is -2.14. The van der Waals surface area contributed by atoms with Crippen molar-refractivity contribution in [2.24, 2.45) is 5.16 Å². The second-order valence-electron chi connectivity index (χ2n) is 6.84. The molecule has 0 atom stereocenters. The third kappa shape index (κ3) is 6.84. The Kier molecular flexibility index (Phi) is 7.78. The lowest BCUT2D eigenvalue weighted by molar-refractivity contribution is -0.116. The van der Waals surface area contributed by atoms with E-state index in [0.29, 0.717) is 18.3 Å². The Morgan fingerprint density at radius 2 is 1.79 bits per heavy atom. The fourth-order valence-corrected chi connectivity index (χ4v) is 3.47. The Balaban J connectivity index is 1.78. The van der Waals surface area contributed by atoms with E-state index in [0.717, 1.165) is 12.1 Å². The standard InChI is InChI=1S/C22H17Cl2F3N4O2/c23-16-10-15(11-17(24)12-16)19(22(25,26)27)13-20(30-33)14-2-4-18(5-3-14)29-21(32)6-9-31-8-1-7-28-31/h1-5,7-8,10-13,33H,6,9H2,(H,29,32)/b19-13-,30-20-. The number of hydrogen-bond acceptors (Lipinski definition) is 4. The molecule has 2 N–H and O–H groups in total. The van der Waals surface area contributed by atoms with Gasteiger partial charge in [0.15, 0.2) is 0 Å². The van der Waals surface area contributed by atoms with Gasteiger partial charge in [0.05, 0.1) is 5.57 Å². The SMILES string of the molecule is O=C(CCn1cccn1)Nc1ccc(C(/C=C(/c2cc(Cl)cc(Cl)c2)C(F)(F)F)=N\O)cc1. The minimum absolute atomic E-state index is 0.0304. The number of aromatic nitrogens is 2. The van der Waals surface area contributed by atoms with Crippen molar-refractivity contribution in [3.63, 3.8) is 0 Å². The number of amides is 1. The summed E-state index contributed by atoms with van der Waals surface area (Å²) in [6, 6.07) is 11.1. The van der Waals surface area contributed by atoms with E-state index in [9.17, 15) is 23.2 Å². The van der Waals surface area contributed by atoms with E-state index in [4.69, 9.17) is 23.2 Å². The van der Waals surface area contributed by atoms with Crippen molar-refractivity contribution in [3.8, 4) is 0 Å². The summed E-state index contributed by atoms with van der Waals surface area (Å²) in [5.41, 5.74) is -1.07. The van der Waals surface area contributed by atoms with E-state index in [-0.39, 0.29) is 39.2 Å². The number of hydrogen-bond donors (Lipinski definition) is 2. The van der Waals surface area contributed by atoms with Gasteiger partial charge in [-0.05, 0) is 48.0 Å². The number of nitrogens with one attached hydrogen (secondary N) is 1. The quantitative estimate of drug-likeness (QED) is 0.237. The molecule has 1 aromatic heterocycles. The van der Waals surface area contributed by atoms with Crippen LogP contribution in [0.3, 0.4) is 0 Å². The smallest absolute Gasteiger partial charge is 0.410 e. The Bertz CT molecular complexity index is 1160. The number of allylic oxidation sites excluding steroid dienone is 2. The molecular formula is C22H17Cl2F3N4O2. The van der Waals surface area contributed by atoms with Crippen molar-refractivity contribution < 1.29 is 23.2 Å². The van der Waals surface area contributed by atoms with Crippen LogP contribution in [0.4, 0.5) is 18.9 Å². The van der Waals surface area contributed by atoms with E-state index >= 15 is 0 Å². The van der Waals surface area contributed by atoms with Crippen LogP contribution in [-0.2, 0) is 11.3 Å². The Labute approximate surface area is 196 Å². The molecule has 1 heterocycles. The summed E-state index contributed by atoms with van der Waals surface area (Å²) in [5, 5.41) is 19.1. The molecule has 0 spiro atoms. The predicted molar refractivity (Wildman–Crippen MR) is 121 cm³/mol. The summed E-state index contributed by atoms with van der Waals surface area (Å²) in [7, 11) is 0. The Morgan fingerprint density at radius 3 is 2.33 bits per heavy atom. The minimum Gasteiger partial charge on any atom is -0.410 e. The number of oxime groups is 1. The van der Waals surface area contributed by atoms with Crippen LogP contribution in [0.15, 0.2) is 72.2 Å². The van der Waals surface area contributed by atoms with Crippen molar-refractivity contribution in [3.05, 3.63) is 88.2 Å². The number of alkyl halides is 3. The van der Waals surface area contributed by atoms with E-state index in [1.807, 2.05) is 0 Å². The van der Waals surface area contributed by atoms with Crippen molar-refractivity contribution in [1.82, 2.24) is 9.78 Å². The number of nitrogens with zero attached hydrogens (tertiary/aromatic N) is 3. The molecule has 0 aliphatic rings. The van der Waals surface area contributed by atoms with Crippen molar-refractivity contribution >= 4 is 46.1 Å². The lowest BCUT2D eigenvalue weighted by Crippen LogP contribution is -2.15. The first-order valence-electron chi connectivity index (χ1n) is 9.51. The summed E-state index contributed by atoms with van der Waals surface area (Å²) in [4.78, 5) is 12.1. The van der Waals surface area contributed by atoms with Crippen LogP contribution in [0.2, 0.25) is 10.0 Å². The molecule has 2 aromatic carbocycles. The van der Waals surface area contributed by atoms with Crippen LogP contribution < -0.4 is 5.32 Å². The van der Waals surface area contributed by atoms with Gasteiger partial charge in [0, 0.05) is 46.7 Å². The van der Waals surface area contributed by atoms with Gasteiger partial charge in [0.2, 0.25) is 5.91 Å². The fraction of sp³-hybridized carbons (Fsp3) is 0.136. The number of rotatable bonds is 7. The molecule has 1 amide bonds. The van der Waals surface area contributed by atoms with Crippen LogP contribution in [0, 0.1) is 0 Å². The van der Waals surface area contributed by atoms with Crippen LogP contribution in [0.5, 0.6) is 0 Å². The summed E-state index contributed by atoms with van der Waals surface area (Å²) in [5.74, 6) is -0.258. The first-order valence-corrected chi connectivity index (χ1v) is 10.3. The molecule has 0 aliphatic carbocycles. The normalized spacial score (nSPS) is 12.6. The summed E-state index contributed by atoms with van der Waals surface area (Å²) < 4.78 is 42.8. The average molecular weight is 497 g/mol. The van der Waals surface area contributed by atoms with Gasteiger partial charge in [-0.25, -0.2) is 0 Å². The molecule has 11 heteroatoms. The highest BCUT2D eigenvalue weighted by molar-refractivity contribution is 6.35. The first-order chi connectivity index (χ1) is 15.7. The number of carbonyl (C=O) groups is 1. The molecule has 0 unspecified atom stereocenters. The number of anilines is 1. The molecule has 0 radical (unpaired) electrons. The second kappa shape index (κ2) is 10.5. The topological polar surface area (TPSA) is 79.5 Å². The fourth-order valence-electron chi connectivity index (χ4n) is 2.94. The van der Waals surface area contributed by atoms with Crippen molar-refractivity contribution in [2.45, 2.75) is 19.1 Å². The van der Waals surface area contributed by atoms with Gasteiger partial charge in [-0.15, -0.1) is 0 Å². The molecular weight excluding hydrogens is 480 g/mol. The molecule has 6 nitrogen and oxygen atoms in total. The van der Waals surface area contributed by atoms with Gasteiger partial charge < -0.3 is 10.5 Å². The van der Waals surface area contributed by atoms with Gasteiger partial charge >= 0.3 is 6.18 Å². The lowest BCUT2D eigenvalue weighted by atomic mass is 10.0. The largest absolute Gasteiger partial charge is 0.417 e. The van der Waals surface area contributed by atoms with E-state index < -0.39 is 11.7 Å². The summed E-state index contributed by atoms with van der Waals surface area (Å²) in [6.45, 7) is 0.400. The van der Waals surface area contributed by atoms with Crippen molar-refractivity contribution in [1.29, 1.82) is 0 Å². The molecule has 3 rings (SSSR count). The average Bonchev–Trinajstić information content (AvgIpc) is 3.26. The summed E-state index contributed by atoms with van der Waals surface area (Å²) >= 11 is 11.7. The Morgan fingerprint density at radius 1 is 1.12 bits per heavy atom. The van der Waals surface area contributed by atoms with Gasteiger partial charge in [-0.2, -0.15) is 18.3 Å². The molecule has 0 fully saturated rings. The third-order valence-corrected chi connectivity index (χ3v) is 4.90. The molecule has 0 aliphatic heterocycles. The molecule has 0 saturated carbocycles. The predicted octanol–water partition coefficient (Wildman–Crippen LogP) is 6.04. The maximum Gasteiger partial charge on any atom is 0.417 e. The zero-order chi connectivity index (χ0) is 24.0. The minimum atomic E-state index is -4.77. The van der Waals surface area contributed by atoms with E-state index in [2.05, 4.69) is 15.6 Å². The highest BCUT2D eigenvalue weighted by Gasteiger charge is 2.35. The number of aryl methyl sites for hydroxylation is 1. The van der Waals surface area contributed by atoms with Crippen LogP contribution in [0.1, 0.15) is 17.5 Å². The van der Waals surface area contributed by atoms with Crippen molar-refractivity contribution in [2.75, 3.05) is 5.32 Å². The second-order valence-corrected chi connectivity index (χ2v) is 7.72. The van der Waals surface area contributed by atoms with Crippen LogP contribution >= 0.6 is 23.2 Å². The van der Waals surface area contributed by atoms with E-state index in [1.54, 1.807) is 23.1 Å². The molecule has 33 heavy (non-hydrogen) atoms. The monoisotopic (exact) mass is 496 g/mol. The third-order valence-electron chi connectivity index (χ3n) is 4.46. The highest BCUT2D eigenvalue weighted by atomic mass is 35.5. The maximum atomic E-state index is 13.7. The number of halogens is 5. The number of carbonyl (C=O) groups excluding carboxylic acids is 1. The Hall–Kier alpha value is -3.30. The highest BCUT2D eigenvalue weighted by Crippen LogP contribution is 2.36. The number of benzene rings is 2. The van der Waals surface area contributed by atoms with Gasteiger partial charge in [0.25, 0.3) is 0 Å². The molecule has 0 bridgehead atoms.